The van der Waals surface area contributed by atoms with Gasteiger partial charge in [0.25, 0.3) is 0 Å². The first-order chi connectivity index (χ1) is 12.4. The largest absolute Gasteiger partial charge is 0.449 e. The third-order valence-corrected chi connectivity index (χ3v) is 3.93. The van der Waals surface area contributed by atoms with E-state index >= 15 is 0 Å². The Labute approximate surface area is 154 Å². The molecule has 0 spiro atoms. The molecule has 0 saturated heterocycles. The van der Waals surface area contributed by atoms with Crippen molar-refractivity contribution in [3.63, 3.8) is 0 Å². The lowest BCUT2D eigenvalue weighted by atomic mass is 10.1. The summed E-state index contributed by atoms with van der Waals surface area (Å²) in [5.74, 6) is -1.15. The molecule has 3 aromatic rings. The SMILES string of the molecule is CC(OC(=O)c1ccc(-c2ccc(F)cc2)o1)C(=O)c1cccc(Cl)c1. The molecule has 1 heterocycles. The number of rotatable bonds is 5. The highest BCUT2D eigenvalue weighted by molar-refractivity contribution is 6.31. The monoisotopic (exact) mass is 372 g/mol. The number of ether oxygens (including phenoxy) is 1. The van der Waals surface area contributed by atoms with Crippen LogP contribution in [0.5, 0.6) is 0 Å². The van der Waals surface area contributed by atoms with Crippen LogP contribution in [0.3, 0.4) is 0 Å². The third kappa shape index (κ3) is 4.00. The minimum atomic E-state index is -1.000. The topological polar surface area (TPSA) is 56.5 Å². The van der Waals surface area contributed by atoms with Crippen LogP contribution in [0.25, 0.3) is 11.3 Å². The lowest BCUT2D eigenvalue weighted by Gasteiger charge is -2.11. The molecular weight excluding hydrogens is 359 g/mol. The maximum atomic E-state index is 13.0. The molecule has 1 unspecified atom stereocenters. The van der Waals surface area contributed by atoms with Crippen molar-refractivity contribution in [2.45, 2.75) is 13.0 Å². The number of ketones is 1. The van der Waals surface area contributed by atoms with Gasteiger partial charge in [-0.2, -0.15) is 0 Å². The number of furan rings is 1. The van der Waals surface area contributed by atoms with Crippen LogP contribution in [-0.4, -0.2) is 17.9 Å². The summed E-state index contributed by atoms with van der Waals surface area (Å²) in [4.78, 5) is 24.5. The molecule has 0 bridgehead atoms. The van der Waals surface area contributed by atoms with Gasteiger partial charge in [-0.15, -0.1) is 0 Å². The fourth-order valence-electron chi connectivity index (χ4n) is 2.37. The van der Waals surface area contributed by atoms with Crippen LogP contribution >= 0.6 is 11.6 Å². The van der Waals surface area contributed by atoms with E-state index in [1.165, 1.54) is 43.3 Å². The molecule has 26 heavy (non-hydrogen) atoms. The Hall–Kier alpha value is -2.92. The first-order valence-electron chi connectivity index (χ1n) is 7.80. The van der Waals surface area contributed by atoms with E-state index in [1.54, 1.807) is 24.3 Å². The van der Waals surface area contributed by atoms with Crippen molar-refractivity contribution < 1.29 is 23.1 Å². The molecule has 0 aliphatic rings. The predicted molar refractivity (Wildman–Crippen MR) is 94.8 cm³/mol. The van der Waals surface area contributed by atoms with Gasteiger partial charge in [0.15, 0.2) is 6.10 Å². The highest BCUT2D eigenvalue weighted by atomic mass is 35.5. The summed E-state index contributed by atoms with van der Waals surface area (Å²) in [5, 5.41) is 0.421. The van der Waals surface area contributed by atoms with Crippen LogP contribution in [0.4, 0.5) is 4.39 Å². The summed E-state index contributed by atoms with van der Waals surface area (Å²) in [7, 11) is 0. The summed E-state index contributed by atoms with van der Waals surface area (Å²) in [5.41, 5.74) is 0.970. The first kappa shape index (κ1) is 17.9. The van der Waals surface area contributed by atoms with Gasteiger partial charge in [0, 0.05) is 16.1 Å². The lowest BCUT2D eigenvalue weighted by molar-refractivity contribution is 0.0290. The number of carbonyl (C=O) groups is 2. The second kappa shape index (κ2) is 7.54. The van der Waals surface area contributed by atoms with Gasteiger partial charge in [-0.3, -0.25) is 4.79 Å². The fraction of sp³-hybridized carbons (Fsp3) is 0.100. The molecule has 6 heteroatoms. The van der Waals surface area contributed by atoms with Crippen LogP contribution in [-0.2, 0) is 4.74 Å². The Morgan fingerprint density at radius 2 is 1.81 bits per heavy atom. The van der Waals surface area contributed by atoms with E-state index in [9.17, 15) is 14.0 Å². The van der Waals surface area contributed by atoms with Crippen molar-refractivity contribution >= 4 is 23.4 Å². The lowest BCUT2D eigenvalue weighted by Crippen LogP contribution is -2.24. The number of halogens is 2. The summed E-state index contributed by atoms with van der Waals surface area (Å²) in [6, 6.07) is 15.1. The van der Waals surface area contributed by atoms with Gasteiger partial charge in [-0.25, -0.2) is 9.18 Å². The van der Waals surface area contributed by atoms with Crippen LogP contribution in [0.1, 0.15) is 27.8 Å². The average Bonchev–Trinajstić information content (AvgIpc) is 3.12. The highest BCUT2D eigenvalue weighted by Crippen LogP contribution is 2.23. The van der Waals surface area contributed by atoms with Gasteiger partial charge in [0.2, 0.25) is 11.5 Å². The molecule has 4 nitrogen and oxygen atoms in total. The first-order valence-corrected chi connectivity index (χ1v) is 8.18. The molecule has 0 amide bonds. The van der Waals surface area contributed by atoms with Crippen molar-refractivity contribution in [2.75, 3.05) is 0 Å². The smallest absolute Gasteiger partial charge is 0.374 e. The number of carbonyl (C=O) groups excluding carboxylic acids is 2. The molecule has 1 aromatic heterocycles. The molecule has 0 aliphatic heterocycles. The third-order valence-electron chi connectivity index (χ3n) is 3.70. The number of hydrogen-bond acceptors (Lipinski definition) is 4. The quantitative estimate of drug-likeness (QED) is 0.458. The van der Waals surface area contributed by atoms with Crippen LogP contribution < -0.4 is 0 Å². The Morgan fingerprint density at radius 1 is 1.08 bits per heavy atom. The zero-order valence-corrected chi connectivity index (χ0v) is 14.5. The number of esters is 1. The molecule has 0 aliphatic carbocycles. The Morgan fingerprint density at radius 3 is 2.50 bits per heavy atom. The minimum absolute atomic E-state index is 0.0462. The van der Waals surface area contributed by atoms with Crippen LogP contribution in [0.2, 0.25) is 5.02 Å². The zero-order chi connectivity index (χ0) is 18.7. The van der Waals surface area contributed by atoms with Gasteiger partial charge < -0.3 is 9.15 Å². The molecular formula is C20H14ClFO4. The summed E-state index contributed by atoms with van der Waals surface area (Å²) in [6.45, 7) is 1.48. The van der Waals surface area contributed by atoms with Crippen molar-refractivity contribution in [2.24, 2.45) is 0 Å². The zero-order valence-electron chi connectivity index (χ0n) is 13.7. The van der Waals surface area contributed by atoms with E-state index < -0.39 is 12.1 Å². The molecule has 3 rings (SSSR count). The second-order valence-corrected chi connectivity index (χ2v) is 6.03. The number of benzene rings is 2. The van der Waals surface area contributed by atoms with Gasteiger partial charge in [-0.05, 0) is 55.5 Å². The highest BCUT2D eigenvalue weighted by Gasteiger charge is 2.22. The Kier molecular flexibility index (Phi) is 5.19. The number of hydrogen-bond donors (Lipinski definition) is 0. The van der Waals surface area contributed by atoms with Crippen LogP contribution in [0, 0.1) is 5.82 Å². The summed E-state index contributed by atoms with van der Waals surface area (Å²) >= 11 is 5.87. The van der Waals surface area contributed by atoms with Gasteiger partial charge in [-0.1, -0.05) is 23.7 Å². The predicted octanol–water partition coefficient (Wildman–Crippen LogP) is 5.17. The molecule has 0 fully saturated rings. The van der Waals surface area contributed by atoms with Crippen molar-refractivity contribution in [3.05, 3.63) is 82.8 Å². The van der Waals surface area contributed by atoms with E-state index in [1.807, 2.05) is 0 Å². The molecule has 1 atom stereocenters. The van der Waals surface area contributed by atoms with Gasteiger partial charge in [0.1, 0.15) is 11.6 Å². The summed E-state index contributed by atoms with van der Waals surface area (Å²) in [6.07, 6.45) is -1.000. The van der Waals surface area contributed by atoms with E-state index in [4.69, 9.17) is 20.8 Å². The Bertz CT molecular complexity index is 946. The van der Waals surface area contributed by atoms with E-state index in [-0.39, 0.29) is 17.4 Å². The molecule has 0 saturated carbocycles. The minimum Gasteiger partial charge on any atom is -0.449 e. The summed E-state index contributed by atoms with van der Waals surface area (Å²) < 4.78 is 23.6. The average molecular weight is 373 g/mol. The maximum Gasteiger partial charge on any atom is 0.374 e. The van der Waals surface area contributed by atoms with Crippen molar-refractivity contribution in [1.29, 1.82) is 0 Å². The van der Waals surface area contributed by atoms with Gasteiger partial charge in [0.05, 0.1) is 0 Å². The maximum absolute atomic E-state index is 13.0. The number of Topliss-reactive ketones (excluding diaryl/α,β-unsaturated/α-hetero) is 1. The van der Waals surface area contributed by atoms with E-state index in [0.29, 0.717) is 21.9 Å². The normalized spacial score (nSPS) is 11.8. The van der Waals surface area contributed by atoms with Crippen molar-refractivity contribution in [3.8, 4) is 11.3 Å². The standard InChI is InChI=1S/C20H14ClFO4/c1-12(19(23)14-3-2-4-15(21)11-14)25-20(24)18-10-9-17(26-18)13-5-7-16(22)8-6-13/h2-12H,1H3. The van der Waals surface area contributed by atoms with E-state index in [2.05, 4.69) is 0 Å². The molecule has 2 aromatic carbocycles. The molecule has 0 N–H and O–H groups in total. The second-order valence-electron chi connectivity index (χ2n) is 5.59. The Balaban J connectivity index is 1.70. The van der Waals surface area contributed by atoms with Gasteiger partial charge >= 0.3 is 5.97 Å². The van der Waals surface area contributed by atoms with Crippen molar-refractivity contribution in [1.82, 2.24) is 0 Å². The van der Waals surface area contributed by atoms with Crippen LogP contribution in [0.15, 0.2) is 65.1 Å². The molecule has 0 radical (unpaired) electrons. The fourth-order valence-corrected chi connectivity index (χ4v) is 2.56. The van der Waals surface area contributed by atoms with E-state index in [0.717, 1.165) is 0 Å². The molecule has 132 valence electrons.